The van der Waals surface area contributed by atoms with Gasteiger partial charge in [-0.25, -0.2) is 0 Å². The van der Waals surface area contributed by atoms with Crippen LogP contribution in [0.15, 0.2) is 18.2 Å². The van der Waals surface area contributed by atoms with E-state index in [2.05, 4.69) is 25.2 Å². The molecule has 1 unspecified atom stereocenters. The average molecular weight is 221 g/mol. The number of aryl methyl sites for hydroxylation is 1. The molecule has 3 heteroatoms. The summed E-state index contributed by atoms with van der Waals surface area (Å²) < 4.78 is 5.89. The smallest absolute Gasteiger partial charge is 0.127 e. The summed E-state index contributed by atoms with van der Waals surface area (Å²) in [7, 11) is 0. The van der Waals surface area contributed by atoms with Crippen molar-refractivity contribution < 1.29 is 9.84 Å². The fourth-order valence-electron chi connectivity index (χ4n) is 1.97. The Kier molecular flexibility index (Phi) is 3.46. The molecule has 2 rings (SSSR count). The Morgan fingerprint density at radius 2 is 2.19 bits per heavy atom. The van der Waals surface area contributed by atoms with Gasteiger partial charge in [-0.05, 0) is 44.0 Å². The molecule has 0 saturated carbocycles. The number of aliphatic hydroxyl groups is 1. The van der Waals surface area contributed by atoms with Crippen LogP contribution in [-0.2, 0) is 0 Å². The van der Waals surface area contributed by atoms with Crippen LogP contribution in [0.1, 0.15) is 17.5 Å². The summed E-state index contributed by atoms with van der Waals surface area (Å²) in [6, 6.07) is 6.03. The molecule has 0 aromatic heterocycles. The van der Waals surface area contributed by atoms with E-state index in [9.17, 15) is 5.11 Å². The van der Waals surface area contributed by atoms with Crippen LogP contribution in [0.5, 0.6) is 5.75 Å². The van der Waals surface area contributed by atoms with Crippen molar-refractivity contribution in [2.45, 2.75) is 32.5 Å². The molecule has 88 valence electrons. The van der Waals surface area contributed by atoms with Crippen molar-refractivity contribution in [1.29, 1.82) is 0 Å². The average Bonchev–Trinajstić information content (AvgIpc) is 2.28. The highest BCUT2D eigenvalue weighted by atomic mass is 16.5. The maximum atomic E-state index is 9.80. The Labute approximate surface area is 96.4 Å². The second kappa shape index (κ2) is 4.85. The number of hydrogen-bond donors (Lipinski definition) is 2. The third kappa shape index (κ3) is 2.36. The van der Waals surface area contributed by atoms with Crippen molar-refractivity contribution in [3.63, 3.8) is 0 Å². The first-order valence-corrected chi connectivity index (χ1v) is 5.80. The zero-order valence-corrected chi connectivity index (χ0v) is 9.86. The molecule has 3 nitrogen and oxygen atoms in total. The van der Waals surface area contributed by atoms with Crippen LogP contribution >= 0.6 is 0 Å². The van der Waals surface area contributed by atoms with Gasteiger partial charge < -0.3 is 15.2 Å². The number of piperidine rings is 1. The molecule has 2 N–H and O–H groups in total. The number of nitrogens with one attached hydrogen (secondary N) is 1. The van der Waals surface area contributed by atoms with E-state index in [1.807, 2.05) is 12.1 Å². The molecule has 1 aromatic rings. The van der Waals surface area contributed by atoms with Gasteiger partial charge in [-0.1, -0.05) is 12.1 Å². The molecule has 1 aromatic carbocycles. The Morgan fingerprint density at radius 1 is 1.38 bits per heavy atom. The third-order valence-corrected chi connectivity index (χ3v) is 3.22. The van der Waals surface area contributed by atoms with Crippen LogP contribution in [0, 0.1) is 13.8 Å². The SMILES string of the molecule is Cc1cccc(OC2CCNC[C@H]2O)c1C. The van der Waals surface area contributed by atoms with Crippen molar-refractivity contribution >= 4 is 0 Å². The van der Waals surface area contributed by atoms with Crippen LogP contribution < -0.4 is 10.1 Å². The molecule has 1 fully saturated rings. The molecule has 1 aliphatic heterocycles. The Morgan fingerprint density at radius 3 is 2.94 bits per heavy atom. The highest BCUT2D eigenvalue weighted by molar-refractivity contribution is 5.38. The quantitative estimate of drug-likeness (QED) is 0.793. The molecule has 0 radical (unpaired) electrons. The first-order chi connectivity index (χ1) is 7.68. The highest BCUT2D eigenvalue weighted by Gasteiger charge is 2.24. The fraction of sp³-hybridized carbons (Fsp3) is 0.538. The lowest BCUT2D eigenvalue weighted by Gasteiger charge is -2.29. The lowest BCUT2D eigenvalue weighted by atomic mass is 10.1. The predicted octanol–water partition coefficient (Wildman–Crippen LogP) is 1.41. The van der Waals surface area contributed by atoms with Gasteiger partial charge in [0.15, 0.2) is 0 Å². The second-order valence-electron chi connectivity index (χ2n) is 4.41. The monoisotopic (exact) mass is 221 g/mol. The second-order valence-corrected chi connectivity index (χ2v) is 4.41. The van der Waals surface area contributed by atoms with Gasteiger partial charge in [0, 0.05) is 6.54 Å². The topological polar surface area (TPSA) is 41.5 Å². The van der Waals surface area contributed by atoms with E-state index >= 15 is 0 Å². The first-order valence-electron chi connectivity index (χ1n) is 5.80. The van der Waals surface area contributed by atoms with Crippen LogP contribution in [0.3, 0.4) is 0 Å². The van der Waals surface area contributed by atoms with Gasteiger partial charge in [-0.2, -0.15) is 0 Å². The summed E-state index contributed by atoms with van der Waals surface area (Å²) in [6.07, 6.45) is 0.365. The summed E-state index contributed by atoms with van der Waals surface area (Å²) >= 11 is 0. The largest absolute Gasteiger partial charge is 0.487 e. The van der Waals surface area contributed by atoms with Crippen LogP contribution in [0.4, 0.5) is 0 Å². The predicted molar refractivity (Wildman–Crippen MR) is 63.8 cm³/mol. The lowest BCUT2D eigenvalue weighted by molar-refractivity contribution is 0.0159. The van der Waals surface area contributed by atoms with Crippen molar-refractivity contribution in [1.82, 2.24) is 5.32 Å². The van der Waals surface area contributed by atoms with E-state index in [1.54, 1.807) is 0 Å². The minimum Gasteiger partial charge on any atom is -0.487 e. The molecule has 1 saturated heterocycles. The van der Waals surface area contributed by atoms with Crippen molar-refractivity contribution in [2.75, 3.05) is 13.1 Å². The van der Waals surface area contributed by atoms with Gasteiger partial charge in [0.25, 0.3) is 0 Å². The van der Waals surface area contributed by atoms with E-state index in [1.165, 1.54) is 5.56 Å². The van der Waals surface area contributed by atoms with Crippen LogP contribution in [-0.4, -0.2) is 30.4 Å². The zero-order chi connectivity index (χ0) is 11.5. The highest BCUT2D eigenvalue weighted by Crippen LogP contribution is 2.23. The molecule has 0 spiro atoms. The number of aliphatic hydroxyl groups excluding tert-OH is 1. The maximum absolute atomic E-state index is 9.80. The normalized spacial score (nSPS) is 25.4. The Hall–Kier alpha value is -1.06. The standard InChI is InChI=1S/C13H19NO2/c1-9-4-3-5-12(10(9)2)16-13-6-7-14-8-11(13)15/h3-5,11,13-15H,6-8H2,1-2H3/t11-,13?/m1/s1. The number of hydrogen-bond acceptors (Lipinski definition) is 3. The molecule has 1 aliphatic rings. The van der Waals surface area contributed by atoms with E-state index in [0.29, 0.717) is 6.54 Å². The third-order valence-electron chi connectivity index (χ3n) is 3.22. The molecule has 16 heavy (non-hydrogen) atoms. The summed E-state index contributed by atoms with van der Waals surface area (Å²) in [4.78, 5) is 0. The van der Waals surface area contributed by atoms with Crippen LogP contribution in [0.2, 0.25) is 0 Å². The summed E-state index contributed by atoms with van der Waals surface area (Å²) in [5, 5.41) is 12.9. The Balaban J connectivity index is 2.10. The molecular weight excluding hydrogens is 202 g/mol. The van der Waals surface area contributed by atoms with E-state index < -0.39 is 6.10 Å². The summed E-state index contributed by atoms with van der Waals surface area (Å²) in [5.74, 6) is 0.894. The minimum absolute atomic E-state index is 0.0817. The number of β-amino-alcohol motifs (C(OH)–C–C–N with tert-alkyl or cyclic N) is 1. The molecule has 0 aliphatic carbocycles. The molecule has 0 amide bonds. The van der Waals surface area contributed by atoms with Gasteiger partial charge in [0.2, 0.25) is 0 Å². The number of rotatable bonds is 2. The summed E-state index contributed by atoms with van der Waals surface area (Å²) in [5.41, 5.74) is 2.38. The van der Waals surface area contributed by atoms with Crippen molar-refractivity contribution in [3.05, 3.63) is 29.3 Å². The van der Waals surface area contributed by atoms with Gasteiger partial charge in [-0.3, -0.25) is 0 Å². The van der Waals surface area contributed by atoms with E-state index in [-0.39, 0.29) is 6.10 Å². The molecular formula is C13H19NO2. The van der Waals surface area contributed by atoms with Crippen molar-refractivity contribution in [3.8, 4) is 5.75 Å². The summed E-state index contributed by atoms with van der Waals surface area (Å²) in [6.45, 7) is 5.65. The lowest BCUT2D eigenvalue weighted by Crippen LogP contribution is -2.46. The molecule has 2 atom stereocenters. The van der Waals surface area contributed by atoms with E-state index in [0.717, 1.165) is 24.3 Å². The van der Waals surface area contributed by atoms with Crippen LogP contribution in [0.25, 0.3) is 0 Å². The van der Waals surface area contributed by atoms with Gasteiger partial charge in [0.05, 0.1) is 0 Å². The first kappa shape index (κ1) is 11.4. The zero-order valence-electron chi connectivity index (χ0n) is 9.86. The molecule has 0 bridgehead atoms. The van der Waals surface area contributed by atoms with Gasteiger partial charge >= 0.3 is 0 Å². The fourth-order valence-corrected chi connectivity index (χ4v) is 1.97. The Bertz CT molecular complexity index is 365. The van der Waals surface area contributed by atoms with Crippen molar-refractivity contribution in [2.24, 2.45) is 0 Å². The molecule has 1 heterocycles. The van der Waals surface area contributed by atoms with Gasteiger partial charge in [0.1, 0.15) is 18.0 Å². The number of benzene rings is 1. The number of ether oxygens (including phenoxy) is 1. The van der Waals surface area contributed by atoms with Gasteiger partial charge in [-0.15, -0.1) is 0 Å². The minimum atomic E-state index is -0.409. The maximum Gasteiger partial charge on any atom is 0.127 e. The van der Waals surface area contributed by atoms with E-state index in [4.69, 9.17) is 4.74 Å².